The molecule has 3 nitrogen and oxygen atoms in total. The Morgan fingerprint density at radius 3 is 1.44 bits per heavy atom. The molecule has 0 saturated carbocycles. The number of nitrogens with zero attached hydrogens (tertiary/aromatic N) is 1. The monoisotopic (exact) mass is 593 g/mol. The molecule has 0 aliphatic rings. The maximum Gasteiger partial charge on any atom is 0.123 e. The number of hydrogen-bond donors (Lipinski definition) is 0. The zero-order chi connectivity index (χ0) is 28.7. The van der Waals surface area contributed by atoms with Crippen molar-refractivity contribution in [1.82, 2.24) is 0 Å². The standard InChI is InChI=1S/C21H46N.C12H11O2PS2/c1-5-6-7-8-9-10-11-12-13-14-15-16-17-18-19-20-21-22(2,3)4;13-15(16,14-11-7-3-1-4-8-11)17-12-9-5-2-6-10-12/h5-21H2,1-4H3;1-10H,(H,13,16)/q+1;/p-1. The first kappa shape index (κ1) is 36.2. The molecule has 0 aliphatic heterocycles. The van der Waals surface area contributed by atoms with E-state index >= 15 is 0 Å². The van der Waals surface area contributed by atoms with Crippen molar-refractivity contribution in [3.8, 4) is 5.75 Å². The molecule has 0 radical (unpaired) electrons. The van der Waals surface area contributed by atoms with Gasteiger partial charge in [-0.3, -0.25) is 0 Å². The maximum absolute atomic E-state index is 12.1. The van der Waals surface area contributed by atoms with Crippen molar-refractivity contribution < 1.29 is 13.9 Å². The van der Waals surface area contributed by atoms with E-state index in [0.717, 1.165) is 20.8 Å². The van der Waals surface area contributed by atoms with Crippen molar-refractivity contribution in [3.05, 3.63) is 60.7 Å². The molecule has 0 heterocycles. The van der Waals surface area contributed by atoms with Crippen molar-refractivity contribution in [2.45, 2.75) is 115 Å². The second-order valence-electron chi connectivity index (χ2n) is 11.6. The molecule has 0 fully saturated rings. The first-order chi connectivity index (χ1) is 18.7. The van der Waals surface area contributed by atoms with E-state index < -0.39 is 5.69 Å². The molecule has 2 aromatic carbocycles. The van der Waals surface area contributed by atoms with Crippen LogP contribution in [-0.2, 0) is 11.8 Å². The third kappa shape index (κ3) is 23.6. The lowest BCUT2D eigenvalue weighted by molar-refractivity contribution is -0.870. The smallest absolute Gasteiger partial charge is 0.123 e. The molecule has 2 aromatic rings. The molecule has 0 saturated heterocycles. The molecule has 1 unspecified atom stereocenters. The van der Waals surface area contributed by atoms with Crippen LogP contribution in [0, 0.1) is 0 Å². The summed E-state index contributed by atoms with van der Waals surface area (Å²) in [5, 5.41) is 0. The Kier molecular flexibility index (Phi) is 21.2. The summed E-state index contributed by atoms with van der Waals surface area (Å²) in [6, 6.07) is 18.4. The van der Waals surface area contributed by atoms with Crippen molar-refractivity contribution in [3.63, 3.8) is 0 Å². The fraction of sp³-hybridized carbons (Fsp3) is 0.636. The molecular weight excluding hydrogens is 537 g/mol. The molecule has 0 aliphatic carbocycles. The molecular formula is C33H56NO2PS2. The van der Waals surface area contributed by atoms with Crippen LogP contribution in [0.25, 0.3) is 0 Å². The molecule has 0 spiro atoms. The zero-order valence-corrected chi connectivity index (χ0v) is 27.8. The molecule has 0 N–H and O–H groups in total. The van der Waals surface area contributed by atoms with Crippen molar-refractivity contribution in [2.75, 3.05) is 27.7 Å². The first-order valence-corrected chi connectivity index (χ1v) is 19.4. The summed E-state index contributed by atoms with van der Waals surface area (Å²) < 4.78 is 6.46. The molecule has 0 aromatic heterocycles. The molecule has 0 amide bonds. The van der Waals surface area contributed by atoms with Gasteiger partial charge in [-0.2, -0.15) is 0 Å². The van der Waals surface area contributed by atoms with E-state index in [0.29, 0.717) is 5.75 Å². The number of rotatable bonds is 21. The van der Waals surface area contributed by atoms with Crippen LogP contribution in [0.5, 0.6) is 5.75 Å². The van der Waals surface area contributed by atoms with Gasteiger partial charge in [0, 0.05) is 4.90 Å². The third-order valence-electron chi connectivity index (χ3n) is 6.60. The highest BCUT2D eigenvalue weighted by molar-refractivity contribution is 8.67. The summed E-state index contributed by atoms with van der Waals surface area (Å²) >= 11 is 6.09. The lowest BCUT2D eigenvalue weighted by Gasteiger charge is -2.27. The zero-order valence-electron chi connectivity index (χ0n) is 25.3. The van der Waals surface area contributed by atoms with Gasteiger partial charge in [-0.15, -0.1) is 0 Å². The molecule has 2 rings (SSSR count). The Balaban J connectivity index is 0.000000400. The average Bonchev–Trinajstić information content (AvgIpc) is 2.89. The van der Waals surface area contributed by atoms with Gasteiger partial charge in [-0.1, -0.05) is 156 Å². The van der Waals surface area contributed by atoms with Crippen LogP contribution in [0.2, 0.25) is 0 Å². The predicted octanol–water partition coefficient (Wildman–Crippen LogP) is 10.4. The van der Waals surface area contributed by atoms with Gasteiger partial charge in [-0.05, 0) is 37.1 Å². The summed E-state index contributed by atoms with van der Waals surface area (Å²) in [5.41, 5.74) is -3.14. The summed E-state index contributed by atoms with van der Waals surface area (Å²) in [4.78, 5) is 13.0. The summed E-state index contributed by atoms with van der Waals surface area (Å²) in [6.45, 7) is 3.63. The Morgan fingerprint density at radius 1 is 0.641 bits per heavy atom. The topological polar surface area (TPSA) is 32.3 Å². The number of para-hydroxylation sites is 1. The maximum atomic E-state index is 12.1. The van der Waals surface area contributed by atoms with Crippen LogP contribution in [0.1, 0.15) is 110 Å². The second kappa shape index (κ2) is 22.8. The number of quaternary nitrogens is 1. The molecule has 39 heavy (non-hydrogen) atoms. The van der Waals surface area contributed by atoms with Gasteiger partial charge in [0.2, 0.25) is 0 Å². The minimum Gasteiger partial charge on any atom is -0.783 e. The largest absolute Gasteiger partial charge is 0.783 e. The van der Waals surface area contributed by atoms with Crippen molar-refractivity contribution in [1.29, 1.82) is 0 Å². The van der Waals surface area contributed by atoms with Crippen molar-refractivity contribution in [2.24, 2.45) is 0 Å². The molecule has 6 heteroatoms. The summed E-state index contributed by atoms with van der Waals surface area (Å²) in [7, 11) is 6.89. The Labute approximate surface area is 250 Å². The Bertz CT molecular complexity index is 814. The normalized spacial score (nSPS) is 12.8. The fourth-order valence-corrected chi connectivity index (χ4v) is 7.87. The van der Waals surface area contributed by atoms with Gasteiger partial charge in [0.1, 0.15) is 11.4 Å². The minimum absolute atomic E-state index is 0.536. The second-order valence-corrected chi connectivity index (χ2v) is 17.4. The van der Waals surface area contributed by atoms with E-state index in [1.54, 1.807) is 12.1 Å². The highest BCUT2D eigenvalue weighted by Crippen LogP contribution is 2.55. The quantitative estimate of drug-likeness (QED) is 0.0819. The van der Waals surface area contributed by atoms with Crippen LogP contribution >= 0.6 is 17.1 Å². The predicted molar refractivity (Wildman–Crippen MR) is 176 cm³/mol. The van der Waals surface area contributed by atoms with E-state index in [2.05, 4.69) is 28.1 Å². The average molecular weight is 594 g/mol. The number of unbranched alkanes of at least 4 members (excludes halogenated alkanes) is 15. The Morgan fingerprint density at radius 2 is 1.03 bits per heavy atom. The van der Waals surface area contributed by atoms with Gasteiger partial charge < -0.3 is 13.9 Å². The van der Waals surface area contributed by atoms with E-state index in [4.69, 9.17) is 16.3 Å². The van der Waals surface area contributed by atoms with Crippen LogP contribution in [0.15, 0.2) is 65.6 Å². The van der Waals surface area contributed by atoms with E-state index in [9.17, 15) is 4.89 Å². The molecule has 0 bridgehead atoms. The number of benzene rings is 2. The highest BCUT2D eigenvalue weighted by Gasteiger charge is 2.07. The van der Waals surface area contributed by atoms with Gasteiger partial charge >= 0.3 is 0 Å². The van der Waals surface area contributed by atoms with Gasteiger partial charge in [-0.25, -0.2) is 0 Å². The lowest BCUT2D eigenvalue weighted by Crippen LogP contribution is -2.35. The number of hydrogen-bond acceptors (Lipinski definition) is 4. The summed E-state index contributed by atoms with van der Waals surface area (Å²) in [6.07, 6.45) is 23.4. The van der Waals surface area contributed by atoms with Crippen molar-refractivity contribution >= 4 is 28.9 Å². The van der Waals surface area contributed by atoms with Gasteiger partial charge in [0.25, 0.3) is 0 Å². The van der Waals surface area contributed by atoms with Crippen LogP contribution in [-0.4, -0.2) is 32.2 Å². The summed E-state index contributed by atoms with van der Waals surface area (Å²) in [5.74, 6) is 0.536. The minimum atomic E-state index is -3.14. The Hall–Kier alpha value is -0.840. The van der Waals surface area contributed by atoms with Gasteiger partial charge in [0.05, 0.1) is 27.7 Å². The molecule has 1 atom stereocenters. The van der Waals surface area contributed by atoms with Crippen LogP contribution in [0.4, 0.5) is 0 Å². The molecule has 222 valence electrons. The van der Waals surface area contributed by atoms with Crippen LogP contribution < -0.4 is 9.42 Å². The SMILES string of the molecule is CCCCCCCCCCCCCCCCCC[N+](C)(C)C.[O-]P(=S)(Oc1ccccc1)Sc1ccccc1. The fourth-order valence-electron chi connectivity index (χ4n) is 4.37. The lowest BCUT2D eigenvalue weighted by atomic mass is 10.0. The highest BCUT2D eigenvalue weighted by atomic mass is 32.9. The van der Waals surface area contributed by atoms with E-state index in [1.165, 1.54) is 109 Å². The van der Waals surface area contributed by atoms with Crippen LogP contribution in [0.3, 0.4) is 0 Å². The van der Waals surface area contributed by atoms with E-state index in [-0.39, 0.29) is 0 Å². The van der Waals surface area contributed by atoms with Gasteiger partial charge in [0.15, 0.2) is 0 Å². The first-order valence-electron chi connectivity index (χ1n) is 15.3. The van der Waals surface area contributed by atoms with E-state index in [1.807, 2.05) is 48.5 Å². The third-order valence-corrected chi connectivity index (χ3v) is 10.2.